The predicted molar refractivity (Wildman–Crippen MR) is 72.7 cm³/mol. The van der Waals surface area contributed by atoms with Crippen LogP contribution in [0.2, 0.25) is 5.02 Å². The monoisotopic (exact) mass is 267 g/mol. The van der Waals surface area contributed by atoms with Crippen LogP contribution in [0.3, 0.4) is 0 Å². The van der Waals surface area contributed by atoms with E-state index in [2.05, 4.69) is 0 Å². The smallest absolute Gasteiger partial charge is 0.169 e. The third-order valence-electron chi connectivity index (χ3n) is 3.38. The van der Waals surface area contributed by atoms with Crippen LogP contribution in [0, 0.1) is 5.92 Å². The average Bonchev–Trinajstić information content (AvgIpc) is 2.32. The van der Waals surface area contributed by atoms with E-state index in [1.807, 2.05) is 25.1 Å². The summed E-state index contributed by atoms with van der Waals surface area (Å²) in [5.41, 5.74) is 1.62. The predicted octanol–water partition coefficient (Wildman–Crippen LogP) is 2.66. The van der Waals surface area contributed by atoms with Crippen LogP contribution in [0.4, 0.5) is 0 Å². The summed E-state index contributed by atoms with van der Waals surface area (Å²) >= 11 is 6.18. The molecule has 0 N–H and O–H groups in total. The SMILES string of the molecule is COc1ccc(Cl)c2c1CCC(CN(C)C)C2=O. The molecule has 98 valence electrons. The number of carbonyl (C=O) groups is 1. The molecule has 1 aromatic carbocycles. The summed E-state index contributed by atoms with van der Waals surface area (Å²) in [7, 11) is 5.59. The van der Waals surface area contributed by atoms with Gasteiger partial charge in [-0.15, -0.1) is 0 Å². The molecule has 0 saturated carbocycles. The van der Waals surface area contributed by atoms with Gasteiger partial charge in [0.05, 0.1) is 12.1 Å². The standard InChI is InChI=1S/C14H18ClNO2/c1-16(2)8-9-4-5-10-12(18-3)7-6-11(15)13(10)14(9)17/h6-7,9H,4-5,8H2,1-3H3. The summed E-state index contributed by atoms with van der Waals surface area (Å²) < 4.78 is 5.31. The van der Waals surface area contributed by atoms with E-state index < -0.39 is 0 Å². The largest absolute Gasteiger partial charge is 0.496 e. The summed E-state index contributed by atoms with van der Waals surface area (Å²) in [6.07, 6.45) is 1.71. The lowest BCUT2D eigenvalue weighted by Gasteiger charge is -2.27. The van der Waals surface area contributed by atoms with Crippen LogP contribution >= 0.6 is 11.6 Å². The lowest BCUT2D eigenvalue weighted by Crippen LogP contribution is -2.32. The number of Topliss-reactive ketones (excluding diaryl/α,β-unsaturated/α-hetero) is 1. The van der Waals surface area contributed by atoms with Gasteiger partial charge < -0.3 is 9.64 Å². The number of hydrogen-bond donors (Lipinski definition) is 0. The van der Waals surface area contributed by atoms with Crippen LogP contribution < -0.4 is 4.74 Å². The quantitative estimate of drug-likeness (QED) is 0.843. The first-order chi connectivity index (χ1) is 8.54. The van der Waals surface area contributed by atoms with E-state index in [0.717, 1.165) is 30.7 Å². The molecule has 1 atom stereocenters. The number of methoxy groups -OCH3 is 1. The van der Waals surface area contributed by atoms with E-state index >= 15 is 0 Å². The Morgan fingerprint density at radius 2 is 2.17 bits per heavy atom. The lowest BCUT2D eigenvalue weighted by molar-refractivity contribution is 0.0876. The van der Waals surface area contributed by atoms with Crippen molar-refractivity contribution in [2.75, 3.05) is 27.7 Å². The zero-order valence-corrected chi connectivity index (χ0v) is 11.8. The Kier molecular flexibility index (Phi) is 3.93. The summed E-state index contributed by atoms with van der Waals surface area (Å²) in [5, 5.41) is 0.541. The van der Waals surface area contributed by atoms with E-state index in [1.165, 1.54) is 0 Å². The number of halogens is 1. The average molecular weight is 268 g/mol. The molecule has 0 heterocycles. The first-order valence-corrected chi connectivity index (χ1v) is 6.46. The van der Waals surface area contributed by atoms with Gasteiger partial charge in [-0.3, -0.25) is 4.79 Å². The number of benzene rings is 1. The van der Waals surface area contributed by atoms with Crippen molar-refractivity contribution in [3.8, 4) is 5.75 Å². The molecule has 2 rings (SSSR count). The second-order valence-electron chi connectivity index (χ2n) is 4.97. The van der Waals surface area contributed by atoms with Gasteiger partial charge in [0.15, 0.2) is 5.78 Å². The Morgan fingerprint density at radius 3 is 2.78 bits per heavy atom. The van der Waals surface area contributed by atoms with Gasteiger partial charge in [0.1, 0.15) is 5.75 Å². The highest BCUT2D eigenvalue weighted by atomic mass is 35.5. The topological polar surface area (TPSA) is 29.5 Å². The molecule has 1 unspecified atom stereocenters. The van der Waals surface area contributed by atoms with E-state index in [0.29, 0.717) is 10.6 Å². The third kappa shape index (κ3) is 2.38. The molecule has 1 aliphatic rings. The van der Waals surface area contributed by atoms with Gasteiger partial charge in [0, 0.05) is 23.6 Å². The molecule has 0 aliphatic heterocycles. The highest BCUT2D eigenvalue weighted by molar-refractivity contribution is 6.34. The molecule has 0 aromatic heterocycles. The van der Waals surface area contributed by atoms with Crippen molar-refractivity contribution >= 4 is 17.4 Å². The van der Waals surface area contributed by atoms with Crippen molar-refractivity contribution in [1.29, 1.82) is 0 Å². The molecule has 0 fully saturated rings. The number of ketones is 1. The van der Waals surface area contributed by atoms with E-state index in [4.69, 9.17) is 16.3 Å². The van der Waals surface area contributed by atoms with Gasteiger partial charge in [0.2, 0.25) is 0 Å². The second-order valence-corrected chi connectivity index (χ2v) is 5.37. The molecule has 3 nitrogen and oxygen atoms in total. The molecule has 1 aromatic rings. The molecule has 0 spiro atoms. The first kappa shape index (κ1) is 13.4. The minimum absolute atomic E-state index is 0.0390. The van der Waals surface area contributed by atoms with Crippen molar-refractivity contribution < 1.29 is 9.53 Å². The van der Waals surface area contributed by atoms with E-state index in [9.17, 15) is 4.79 Å². The second kappa shape index (κ2) is 5.29. The fraction of sp³-hybridized carbons (Fsp3) is 0.500. The van der Waals surface area contributed by atoms with Crippen LogP contribution in [0.15, 0.2) is 12.1 Å². The first-order valence-electron chi connectivity index (χ1n) is 6.09. The fourth-order valence-corrected chi connectivity index (χ4v) is 2.84. The summed E-state index contributed by atoms with van der Waals surface area (Å²) in [6.45, 7) is 0.770. The van der Waals surface area contributed by atoms with Crippen LogP contribution in [-0.2, 0) is 6.42 Å². The van der Waals surface area contributed by atoms with Crippen LogP contribution in [-0.4, -0.2) is 38.4 Å². The highest BCUT2D eigenvalue weighted by Crippen LogP contribution is 2.36. The molecule has 4 heteroatoms. The van der Waals surface area contributed by atoms with Gasteiger partial charge in [-0.2, -0.15) is 0 Å². The Balaban J connectivity index is 2.40. The van der Waals surface area contributed by atoms with Gasteiger partial charge in [-0.25, -0.2) is 0 Å². The Hall–Kier alpha value is -1.06. The number of nitrogens with zero attached hydrogens (tertiary/aromatic N) is 1. The number of carbonyl (C=O) groups excluding carboxylic acids is 1. The number of rotatable bonds is 3. The van der Waals surface area contributed by atoms with Gasteiger partial charge in [-0.05, 0) is 39.1 Å². The summed E-state index contributed by atoms with van der Waals surface area (Å²) in [6, 6.07) is 3.58. The maximum Gasteiger partial charge on any atom is 0.169 e. The molecule has 18 heavy (non-hydrogen) atoms. The molecular formula is C14H18ClNO2. The van der Waals surface area contributed by atoms with Crippen molar-refractivity contribution in [2.45, 2.75) is 12.8 Å². The molecule has 0 radical (unpaired) electrons. The number of ether oxygens (including phenoxy) is 1. The fourth-order valence-electron chi connectivity index (χ4n) is 2.57. The molecule has 0 saturated heterocycles. The van der Waals surface area contributed by atoms with Crippen molar-refractivity contribution in [1.82, 2.24) is 4.90 Å². The maximum absolute atomic E-state index is 12.5. The van der Waals surface area contributed by atoms with Crippen molar-refractivity contribution in [3.05, 3.63) is 28.3 Å². The lowest BCUT2D eigenvalue weighted by atomic mass is 9.82. The van der Waals surface area contributed by atoms with Crippen LogP contribution in [0.1, 0.15) is 22.3 Å². The molecule has 1 aliphatic carbocycles. The van der Waals surface area contributed by atoms with E-state index in [1.54, 1.807) is 13.2 Å². The zero-order chi connectivity index (χ0) is 13.3. The summed E-state index contributed by atoms with van der Waals surface area (Å²) in [5.74, 6) is 0.956. The number of hydrogen-bond acceptors (Lipinski definition) is 3. The molecule has 0 amide bonds. The Morgan fingerprint density at radius 1 is 1.44 bits per heavy atom. The molecule has 0 bridgehead atoms. The highest BCUT2D eigenvalue weighted by Gasteiger charge is 2.31. The number of fused-ring (bicyclic) bond motifs is 1. The van der Waals surface area contributed by atoms with Crippen molar-refractivity contribution in [3.63, 3.8) is 0 Å². The minimum Gasteiger partial charge on any atom is -0.496 e. The maximum atomic E-state index is 12.5. The van der Waals surface area contributed by atoms with Crippen molar-refractivity contribution in [2.24, 2.45) is 5.92 Å². The van der Waals surface area contributed by atoms with E-state index in [-0.39, 0.29) is 11.7 Å². The van der Waals surface area contributed by atoms with Gasteiger partial charge in [0.25, 0.3) is 0 Å². The normalized spacial score (nSPS) is 18.9. The van der Waals surface area contributed by atoms with Gasteiger partial charge >= 0.3 is 0 Å². The minimum atomic E-state index is 0.0390. The van der Waals surface area contributed by atoms with Crippen LogP contribution in [0.5, 0.6) is 5.75 Å². The van der Waals surface area contributed by atoms with Gasteiger partial charge in [-0.1, -0.05) is 11.6 Å². The summed E-state index contributed by atoms with van der Waals surface area (Å²) in [4.78, 5) is 14.5. The molecular weight excluding hydrogens is 250 g/mol. The Labute approximate surface area is 113 Å². The third-order valence-corrected chi connectivity index (χ3v) is 3.70. The Bertz CT molecular complexity index is 471. The van der Waals surface area contributed by atoms with Crippen LogP contribution in [0.25, 0.3) is 0 Å². The zero-order valence-electron chi connectivity index (χ0n) is 11.0.